The van der Waals surface area contributed by atoms with Crippen LogP contribution in [0.25, 0.3) is 100 Å². The number of rotatable bonds is 6. The maximum Gasteiger partial charge on any atom is 0.164 e. The van der Waals surface area contributed by atoms with Gasteiger partial charge in [-0.3, -0.25) is 0 Å². The quantitative estimate of drug-likeness (QED) is 0.176. The average Bonchev–Trinajstić information content (AvgIpc) is 3.64. The number of para-hydroxylation sites is 1. The van der Waals surface area contributed by atoms with Crippen LogP contribution in [0.4, 0.5) is 0 Å². The van der Waals surface area contributed by atoms with Crippen LogP contribution < -0.4 is 0 Å². The summed E-state index contributed by atoms with van der Waals surface area (Å²) in [6.07, 6.45) is 0. The van der Waals surface area contributed by atoms with Gasteiger partial charge in [-0.25, -0.2) is 15.0 Å². The second kappa shape index (κ2) is 12.9. The summed E-state index contributed by atoms with van der Waals surface area (Å²) in [4.78, 5) is 15.7. The number of nitrogens with zero attached hydrogens (tertiary/aromatic N) is 3. The molecule has 0 aliphatic rings. The minimum atomic E-state index is 0.587. The van der Waals surface area contributed by atoms with Crippen molar-refractivity contribution in [3.05, 3.63) is 188 Å². The third-order valence-electron chi connectivity index (χ3n) is 9.88. The van der Waals surface area contributed by atoms with Gasteiger partial charge in [0.1, 0.15) is 11.2 Å². The van der Waals surface area contributed by atoms with Gasteiger partial charge in [-0.15, -0.1) is 0 Å². The van der Waals surface area contributed by atoms with E-state index in [2.05, 4.69) is 127 Å². The van der Waals surface area contributed by atoms with Crippen molar-refractivity contribution in [2.75, 3.05) is 0 Å². The highest BCUT2D eigenvalue weighted by Gasteiger charge is 2.21. The predicted octanol–water partition coefficient (Wildman–Crippen LogP) is 12.9. The fourth-order valence-corrected chi connectivity index (χ4v) is 7.30. The molecular weight excluding hydrogens is 647 g/mol. The van der Waals surface area contributed by atoms with Crippen LogP contribution in [0.5, 0.6) is 0 Å². The van der Waals surface area contributed by atoms with Crippen molar-refractivity contribution in [3.8, 4) is 67.5 Å². The van der Waals surface area contributed by atoms with E-state index in [1.807, 2.05) is 60.7 Å². The summed E-state index contributed by atoms with van der Waals surface area (Å²) in [6.45, 7) is 0. The van der Waals surface area contributed by atoms with E-state index >= 15 is 0 Å². The molecule has 0 radical (unpaired) electrons. The third kappa shape index (κ3) is 5.63. The van der Waals surface area contributed by atoms with Crippen LogP contribution in [-0.2, 0) is 0 Å². The lowest BCUT2D eigenvalue weighted by Crippen LogP contribution is -2.01. The van der Waals surface area contributed by atoms with Gasteiger partial charge in [0.15, 0.2) is 17.5 Å². The standard InChI is InChI=1S/C49H31N3O/c1-5-15-32(16-6-1)36-25-26-41-39(27-36)31-43(45-42-23-13-14-24-44(42)53-46(41)45)49-51-47(35-21-11-4-12-22-35)50-48(52-49)40-29-37(33-17-7-2-8-18-33)28-38(30-40)34-19-9-3-10-20-34/h1-31H. The molecular formula is C49H31N3O. The molecule has 0 bridgehead atoms. The highest BCUT2D eigenvalue weighted by Crippen LogP contribution is 2.42. The molecule has 10 rings (SSSR count). The van der Waals surface area contributed by atoms with E-state index in [9.17, 15) is 0 Å². The van der Waals surface area contributed by atoms with E-state index < -0.39 is 0 Å². The summed E-state index contributed by atoms with van der Waals surface area (Å²) in [5, 5.41) is 4.10. The molecule has 53 heavy (non-hydrogen) atoms. The average molecular weight is 678 g/mol. The lowest BCUT2D eigenvalue weighted by atomic mass is 9.95. The molecule has 0 amide bonds. The molecule has 2 heterocycles. The molecule has 0 aliphatic carbocycles. The van der Waals surface area contributed by atoms with Crippen molar-refractivity contribution in [1.82, 2.24) is 15.0 Å². The van der Waals surface area contributed by atoms with E-state index in [0.717, 1.165) is 82.8 Å². The van der Waals surface area contributed by atoms with E-state index in [-0.39, 0.29) is 0 Å². The fourth-order valence-electron chi connectivity index (χ4n) is 7.30. The fraction of sp³-hybridized carbons (Fsp3) is 0. The minimum Gasteiger partial charge on any atom is -0.455 e. The zero-order chi connectivity index (χ0) is 35.1. The second-order valence-electron chi connectivity index (χ2n) is 13.2. The van der Waals surface area contributed by atoms with Crippen LogP contribution in [0.15, 0.2) is 192 Å². The van der Waals surface area contributed by atoms with Gasteiger partial charge < -0.3 is 4.42 Å². The summed E-state index contributed by atoms with van der Waals surface area (Å²) < 4.78 is 6.66. The molecule has 4 heteroatoms. The Morgan fingerprint density at radius 3 is 1.43 bits per heavy atom. The first-order valence-electron chi connectivity index (χ1n) is 17.8. The van der Waals surface area contributed by atoms with Crippen LogP contribution in [0.3, 0.4) is 0 Å². The van der Waals surface area contributed by atoms with Crippen LogP contribution >= 0.6 is 0 Å². The number of benzene rings is 8. The Hall–Kier alpha value is -7.17. The molecule has 10 aromatic rings. The summed E-state index contributed by atoms with van der Waals surface area (Å²) in [5.41, 5.74) is 11.1. The second-order valence-corrected chi connectivity index (χ2v) is 13.2. The molecule has 2 aromatic heterocycles. The molecule has 0 unspecified atom stereocenters. The van der Waals surface area contributed by atoms with Crippen molar-refractivity contribution in [1.29, 1.82) is 0 Å². The van der Waals surface area contributed by atoms with E-state index in [1.54, 1.807) is 0 Å². The van der Waals surface area contributed by atoms with Crippen molar-refractivity contribution in [2.24, 2.45) is 0 Å². The lowest BCUT2D eigenvalue weighted by molar-refractivity contribution is 0.672. The van der Waals surface area contributed by atoms with Crippen molar-refractivity contribution >= 4 is 32.7 Å². The monoisotopic (exact) mass is 677 g/mol. The summed E-state index contributed by atoms with van der Waals surface area (Å²) >= 11 is 0. The topological polar surface area (TPSA) is 51.8 Å². The van der Waals surface area contributed by atoms with E-state index in [4.69, 9.17) is 19.4 Å². The van der Waals surface area contributed by atoms with Gasteiger partial charge in [0.05, 0.1) is 0 Å². The van der Waals surface area contributed by atoms with Gasteiger partial charge in [0.2, 0.25) is 0 Å². The molecule has 0 N–H and O–H groups in total. The third-order valence-corrected chi connectivity index (χ3v) is 9.88. The normalized spacial score (nSPS) is 11.4. The van der Waals surface area contributed by atoms with Crippen LogP contribution in [0.2, 0.25) is 0 Å². The zero-order valence-electron chi connectivity index (χ0n) is 28.6. The first kappa shape index (κ1) is 30.6. The Morgan fingerprint density at radius 1 is 0.321 bits per heavy atom. The van der Waals surface area contributed by atoms with Crippen LogP contribution in [-0.4, -0.2) is 15.0 Å². The summed E-state index contributed by atoms with van der Waals surface area (Å²) in [7, 11) is 0. The molecule has 0 fully saturated rings. The molecule has 0 saturated heterocycles. The van der Waals surface area contributed by atoms with Gasteiger partial charge in [-0.1, -0.05) is 146 Å². The Balaban J connectivity index is 1.26. The maximum absolute atomic E-state index is 6.66. The summed E-state index contributed by atoms with van der Waals surface area (Å²) in [6, 6.07) is 65.1. The van der Waals surface area contributed by atoms with Gasteiger partial charge in [0, 0.05) is 32.8 Å². The number of hydrogen-bond donors (Lipinski definition) is 0. The number of furan rings is 1. The molecule has 0 aliphatic heterocycles. The SMILES string of the molecule is c1ccc(-c2cc(-c3ccccc3)cc(-c3nc(-c4ccccc4)nc(-c4cc5cc(-c6ccccc6)ccc5c5oc6ccccc6c45)n3)c2)cc1. The van der Waals surface area contributed by atoms with Gasteiger partial charge in [-0.05, 0) is 81.2 Å². The highest BCUT2D eigenvalue weighted by atomic mass is 16.3. The largest absolute Gasteiger partial charge is 0.455 e. The van der Waals surface area contributed by atoms with Crippen LogP contribution in [0.1, 0.15) is 0 Å². The molecule has 248 valence electrons. The number of hydrogen-bond acceptors (Lipinski definition) is 4. The van der Waals surface area contributed by atoms with Crippen LogP contribution in [0, 0.1) is 0 Å². The minimum absolute atomic E-state index is 0.587. The molecule has 0 saturated carbocycles. The Kier molecular flexibility index (Phi) is 7.43. The molecule has 0 spiro atoms. The van der Waals surface area contributed by atoms with Crippen molar-refractivity contribution in [3.63, 3.8) is 0 Å². The van der Waals surface area contributed by atoms with Gasteiger partial charge in [-0.2, -0.15) is 0 Å². The van der Waals surface area contributed by atoms with Gasteiger partial charge >= 0.3 is 0 Å². The maximum atomic E-state index is 6.66. The zero-order valence-corrected chi connectivity index (χ0v) is 28.6. The van der Waals surface area contributed by atoms with E-state index in [1.165, 1.54) is 0 Å². The Bertz CT molecular complexity index is 2860. The van der Waals surface area contributed by atoms with Crippen molar-refractivity contribution < 1.29 is 4.42 Å². The number of aromatic nitrogens is 3. The summed E-state index contributed by atoms with van der Waals surface area (Å²) in [5.74, 6) is 1.79. The molecule has 0 atom stereocenters. The lowest BCUT2D eigenvalue weighted by Gasteiger charge is -2.13. The van der Waals surface area contributed by atoms with Gasteiger partial charge in [0.25, 0.3) is 0 Å². The van der Waals surface area contributed by atoms with E-state index in [0.29, 0.717) is 17.5 Å². The Labute approximate surface area is 306 Å². The Morgan fingerprint density at radius 2 is 0.811 bits per heavy atom. The number of fused-ring (bicyclic) bond motifs is 5. The highest BCUT2D eigenvalue weighted by molar-refractivity contribution is 6.21. The first-order valence-corrected chi connectivity index (χ1v) is 17.8. The smallest absolute Gasteiger partial charge is 0.164 e. The molecule has 8 aromatic carbocycles. The first-order chi connectivity index (χ1) is 26.2. The van der Waals surface area contributed by atoms with Crippen molar-refractivity contribution in [2.45, 2.75) is 0 Å². The molecule has 4 nitrogen and oxygen atoms in total. The predicted molar refractivity (Wildman–Crippen MR) is 217 cm³/mol.